The molecule has 74 valence electrons. The third-order valence-electron chi connectivity index (χ3n) is 1.82. The fourth-order valence-electron chi connectivity index (χ4n) is 1.03. The van der Waals surface area contributed by atoms with Crippen LogP contribution < -0.4 is 5.32 Å². The summed E-state index contributed by atoms with van der Waals surface area (Å²) in [6, 6.07) is 8.34. The molecule has 0 spiro atoms. The number of rotatable bonds is 3. The first-order valence-corrected chi connectivity index (χ1v) is 5.87. The van der Waals surface area contributed by atoms with Gasteiger partial charge in [0, 0.05) is 23.4 Å². The van der Waals surface area contributed by atoms with Crippen LogP contribution in [0.3, 0.4) is 0 Å². The second-order valence-corrected chi connectivity index (χ2v) is 3.76. The lowest BCUT2D eigenvalue weighted by Gasteiger charge is -1.94. The normalized spacial score (nSPS) is 9.29. The maximum atomic E-state index is 3.13. The second-order valence-electron chi connectivity index (χ2n) is 2.88. The van der Waals surface area contributed by atoms with Crippen LogP contribution in [0.4, 0.5) is 0 Å². The third kappa shape index (κ3) is 3.87. The molecule has 0 bridgehead atoms. The zero-order valence-corrected chi connectivity index (χ0v) is 9.45. The first-order chi connectivity index (χ1) is 6.86. The van der Waals surface area contributed by atoms with Gasteiger partial charge in [-0.3, -0.25) is 0 Å². The first kappa shape index (κ1) is 11.2. The Kier molecular flexibility index (Phi) is 5.21. The molecule has 0 fully saturated rings. The summed E-state index contributed by atoms with van der Waals surface area (Å²) in [5.74, 6) is 6.25. The second kappa shape index (κ2) is 6.53. The van der Waals surface area contributed by atoms with E-state index in [0.29, 0.717) is 0 Å². The SMILES string of the molecule is CNCCC#Cc1ccc(SC)cc1. The maximum absolute atomic E-state index is 3.13. The highest BCUT2D eigenvalue weighted by atomic mass is 32.2. The molecule has 1 rings (SSSR count). The number of nitrogens with one attached hydrogen (secondary N) is 1. The molecule has 1 N–H and O–H groups in total. The van der Waals surface area contributed by atoms with Crippen LogP contribution in [0.5, 0.6) is 0 Å². The highest BCUT2D eigenvalue weighted by Gasteiger charge is 1.88. The van der Waals surface area contributed by atoms with Gasteiger partial charge in [-0.1, -0.05) is 11.8 Å². The maximum Gasteiger partial charge on any atom is 0.0246 e. The van der Waals surface area contributed by atoms with Gasteiger partial charge in [0.2, 0.25) is 0 Å². The number of hydrogen-bond donors (Lipinski definition) is 1. The van der Waals surface area contributed by atoms with E-state index < -0.39 is 0 Å². The summed E-state index contributed by atoms with van der Waals surface area (Å²) in [6.45, 7) is 0.954. The summed E-state index contributed by atoms with van der Waals surface area (Å²) in [5.41, 5.74) is 1.10. The van der Waals surface area contributed by atoms with E-state index in [-0.39, 0.29) is 0 Å². The quantitative estimate of drug-likeness (QED) is 0.462. The van der Waals surface area contributed by atoms with Crippen molar-refractivity contribution in [3.05, 3.63) is 29.8 Å². The summed E-state index contributed by atoms with van der Waals surface area (Å²) in [5, 5.41) is 3.07. The largest absolute Gasteiger partial charge is 0.319 e. The molecular formula is C12H15NS. The van der Waals surface area contributed by atoms with Crippen molar-refractivity contribution < 1.29 is 0 Å². The Balaban J connectivity index is 2.53. The fourth-order valence-corrected chi connectivity index (χ4v) is 1.43. The van der Waals surface area contributed by atoms with Gasteiger partial charge in [-0.2, -0.15) is 0 Å². The molecule has 0 amide bonds. The highest BCUT2D eigenvalue weighted by molar-refractivity contribution is 7.98. The molecule has 1 nitrogen and oxygen atoms in total. The van der Waals surface area contributed by atoms with Crippen LogP contribution in [0.15, 0.2) is 29.2 Å². The van der Waals surface area contributed by atoms with Crippen molar-refractivity contribution in [1.29, 1.82) is 0 Å². The minimum Gasteiger partial charge on any atom is -0.319 e. The molecule has 1 aromatic rings. The van der Waals surface area contributed by atoms with Gasteiger partial charge in [0.15, 0.2) is 0 Å². The van der Waals surface area contributed by atoms with Gasteiger partial charge >= 0.3 is 0 Å². The lowest BCUT2D eigenvalue weighted by molar-refractivity contribution is 0.818. The van der Waals surface area contributed by atoms with Crippen molar-refractivity contribution in [2.24, 2.45) is 0 Å². The number of thioether (sulfide) groups is 1. The van der Waals surface area contributed by atoms with E-state index in [9.17, 15) is 0 Å². The molecule has 14 heavy (non-hydrogen) atoms. The van der Waals surface area contributed by atoms with Crippen LogP contribution in [0, 0.1) is 11.8 Å². The zero-order valence-electron chi connectivity index (χ0n) is 8.63. The Labute approximate surface area is 90.3 Å². The molecule has 0 atom stereocenters. The van der Waals surface area contributed by atoms with E-state index in [0.717, 1.165) is 18.5 Å². The Morgan fingerprint density at radius 2 is 2.00 bits per heavy atom. The third-order valence-corrected chi connectivity index (χ3v) is 2.57. The van der Waals surface area contributed by atoms with Gasteiger partial charge in [0.25, 0.3) is 0 Å². The average Bonchev–Trinajstić information content (AvgIpc) is 2.25. The van der Waals surface area contributed by atoms with E-state index in [2.05, 4.69) is 47.7 Å². The molecule has 0 radical (unpaired) electrons. The Morgan fingerprint density at radius 1 is 1.29 bits per heavy atom. The van der Waals surface area contributed by atoms with Crippen molar-refractivity contribution in [3.63, 3.8) is 0 Å². The van der Waals surface area contributed by atoms with Crippen molar-refractivity contribution in [2.75, 3.05) is 19.8 Å². The lowest BCUT2D eigenvalue weighted by atomic mass is 10.2. The molecule has 0 saturated heterocycles. The van der Waals surface area contributed by atoms with E-state index in [1.807, 2.05) is 7.05 Å². The van der Waals surface area contributed by atoms with Crippen LogP contribution in [0.25, 0.3) is 0 Å². The predicted molar refractivity (Wildman–Crippen MR) is 63.6 cm³/mol. The van der Waals surface area contributed by atoms with E-state index in [1.54, 1.807) is 11.8 Å². The van der Waals surface area contributed by atoms with E-state index in [1.165, 1.54) is 4.90 Å². The van der Waals surface area contributed by atoms with Crippen LogP contribution in [-0.2, 0) is 0 Å². The van der Waals surface area contributed by atoms with Crippen molar-refractivity contribution in [2.45, 2.75) is 11.3 Å². The summed E-state index contributed by atoms with van der Waals surface area (Å²) in [7, 11) is 1.94. The smallest absolute Gasteiger partial charge is 0.0246 e. The van der Waals surface area contributed by atoms with Crippen molar-refractivity contribution in [1.82, 2.24) is 5.32 Å². The predicted octanol–water partition coefficient (Wildman–Crippen LogP) is 2.37. The summed E-state index contributed by atoms with van der Waals surface area (Å²) in [6.07, 6.45) is 2.98. The Morgan fingerprint density at radius 3 is 2.57 bits per heavy atom. The minimum atomic E-state index is 0.904. The van der Waals surface area contributed by atoms with Gasteiger partial charge in [-0.05, 0) is 37.6 Å². The summed E-state index contributed by atoms with van der Waals surface area (Å²) >= 11 is 1.75. The standard InChI is InChI=1S/C12H15NS/c1-13-10-4-3-5-11-6-8-12(14-2)9-7-11/h6-9,13H,4,10H2,1-2H3. The average molecular weight is 205 g/mol. The molecule has 0 aliphatic heterocycles. The van der Waals surface area contributed by atoms with Crippen LogP contribution in [-0.4, -0.2) is 19.8 Å². The molecule has 0 heterocycles. The minimum absolute atomic E-state index is 0.904. The van der Waals surface area contributed by atoms with Gasteiger partial charge in [0.1, 0.15) is 0 Å². The number of benzene rings is 1. The van der Waals surface area contributed by atoms with Gasteiger partial charge in [-0.25, -0.2) is 0 Å². The van der Waals surface area contributed by atoms with Gasteiger partial charge in [0.05, 0.1) is 0 Å². The van der Waals surface area contributed by atoms with E-state index in [4.69, 9.17) is 0 Å². The fraction of sp³-hybridized carbons (Fsp3) is 0.333. The van der Waals surface area contributed by atoms with Crippen molar-refractivity contribution in [3.8, 4) is 11.8 Å². The van der Waals surface area contributed by atoms with Gasteiger partial charge < -0.3 is 5.32 Å². The topological polar surface area (TPSA) is 12.0 Å². The molecule has 1 aromatic carbocycles. The molecule has 2 heteroatoms. The molecule has 0 saturated carbocycles. The van der Waals surface area contributed by atoms with Crippen LogP contribution in [0.2, 0.25) is 0 Å². The lowest BCUT2D eigenvalue weighted by Crippen LogP contribution is -2.05. The Hall–Kier alpha value is -0.910. The molecule has 0 aliphatic carbocycles. The Bertz CT molecular complexity index is 318. The van der Waals surface area contributed by atoms with Crippen LogP contribution >= 0.6 is 11.8 Å². The highest BCUT2D eigenvalue weighted by Crippen LogP contribution is 2.14. The van der Waals surface area contributed by atoms with Crippen molar-refractivity contribution >= 4 is 11.8 Å². The van der Waals surface area contributed by atoms with Gasteiger partial charge in [-0.15, -0.1) is 11.8 Å². The van der Waals surface area contributed by atoms with Crippen LogP contribution in [0.1, 0.15) is 12.0 Å². The van der Waals surface area contributed by atoms with E-state index >= 15 is 0 Å². The molecule has 0 aliphatic rings. The summed E-state index contributed by atoms with van der Waals surface area (Å²) in [4.78, 5) is 1.28. The molecule has 0 unspecified atom stereocenters. The monoisotopic (exact) mass is 205 g/mol. The molecule has 0 aromatic heterocycles. The number of hydrogen-bond acceptors (Lipinski definition) is 2. The zero-order chi connectivity index (χ0) is 10.2. The molecular weight excluding hydrogens is 190 g/mol. The summed E-state index contributed by atoms with van der Waals surface area (Å²) < 4.78 is 0. The first-order valence-electron chi connectivity index (χ1n) is 4.64.